The molecule has 1 saturated heterocycles. The Morgan fingerprint density at radius 3 is 2.79 bits per heavy atom. The molecule has 7 heteroatoms. The molecule has 1 aliphatic heterocycles. The largest absolute Gasteiger partial charge is 0.465 e. The minimum atomic E-state index is -0.487. The van der Waals surface area contributed by atoms with Crippen molar-refractivity contribution in [3.8, 4) is 0 Å². The number of benzene rings is 2. The summed E-state index contributed by atoms with van der Waals surface area (Å²) in [6, 6.07) is 14.8. The Morgan fingerprint density at radius 2 is 2.04 bits per heavy atom. The van der Waals surface area contributed by atoms with Crippen LogP contribution < -0.4 is 5.32 Å². The van der Waals surface area contributed by atoms with Gasteiger partial charge in [0, 0.05) is 19.6 Å². The van der Waals surface area contributed by atoms with Gasteiger partial charge in [0.1, 0.15) is 0 Å². The van der Waals surface area contributed by atoms with E-state index >= 15 is 0 Å². The lowest BCUT2D eigenvalue weighted by atomic mass is 10.1. The van der Waals surface area contributed by atoms with E-state index in [1.54, 1.807) is 12.1 Å². The van der Waals surface area contributed by atoms with Gasteiger partial charge in [-0.25, -0.2) is 4.79 Å². The van der Waals surface area contributed by atoms with Gasteiger partial charge in [-0.15, -0.1) is 0 Å². The summed E-state index contributed by atoms with van der Waals surface area (Å²) in [6.45, 7) is 2.93. The van der Waals surface area contributed by atoms with Crippen molar-refractivity contribution in [2.75, 3.05) is 32.1 Å². The van der Waals surface area contributed by atoms with E-state index in [1.807, 2.05) is 18.2 Å². The van der Waals surface area contributed by atoms with Gasteiger partial charge in [-0.2, -0.15) is 0 Å². The summed E-state index contributed by atoms with van der Waals surface area (Å²) in [5.41, 5.74) is 1.94. The van der Waals surface area contributed by atoms with Crippen LogP contribution in [0.5, 0.6) is 0 Å². The maximum absolute atomic E-state index is 12.5. The summed E-state index contributed by atoms with van der Waals surface area (Å²) in [6.07, 6.45) is 0.0180. The molecule has 0 aromatic heterocycles. The highest BCUT2D eigenvalue weighted by Crippen LogP contribution is 2.24. The molecular weight excluding hydrogens is 380 g/mol. The zero-order valence-corrected chi connectivity index (χ0v) is 16.4. The third kappa shape index (κ3) is 5.55. The molecule has 6 nitrogen and oxygen atoms in total. The molecule has 28 heavy (non-hydrogen) atoms. The Hall–Kier alpha value is -2.41. The molecule has 2 aromatic rings. The molecular formula is C21H23ClN2O4. The first kappa shape index (κ1) is 20.3. The zero-order chi connectivity index (χ0) is 19.9. The summed E-state index contributed by atoms with van der Waals surface area (Å²) in [7, 11) is 1.30. The number of morpholine rings is 1. The molecule has 148 valence electrons. The fraction of sp³-hybridized carbons (Fsp3) is 0.333. The van der Waals surface area contributed by atoms with Crippen LogP contribution in [0.3, 0.4) is 0 Å². The van der Waals surface area contributed by atoms with Crippen LogP contribution in [0.25, 0.3) is 0 Å². The second kappa shape index (κ2) is 9.68. The Morgan fingerprint density at radius 1 is 1.25 bits per heavy atom. The van der Waals surface area contributed by atoms with E-state index in [4.69, 9.17) is 21.1 Å². The van der Waals surface area contributed by atoms with Gasteiger partial charge in [-0.05, 0) is 23.8 Å². The Bertz CT molecular complexity index is 828. The molecule has 0 aliphatic carbocycles. The molecule has 0 bridgehead atoms. The maximum atomic E-state index is 12.5. The normalized spacial score (nSPS) is 17.1. The summed E-state index contributed by atoms with van der Waals surface area (Å²) < 4.78 is 10.5. The van der Waals surface area contributed by atoms with Gasteiger partial charge < -0.3 is 14.8 Å². The number of hydrogen-bond acceptors (Lipinski definition) is 5. The van der Waals surface area contributed by atoms with Crippen LogP contribution in [0.1, 0.15) is 22.3 Å². The van der Waals surface area contributed by atoms with Crippen LogP contribution in [0.2, 0.25) is 5.02 Å². The zero-order valence-electron chi connectivity index (χ0n) is 15.7. The molecule has 3 rings (SSSR count). The second-order valence-electron chi connectivity index (χ2n) is 6.65. The average molecular weight is 403 g/mol. The molecule has 0 saturated carbocycles. The first-order chi connectivity index (χ1) is 13.5. The van der Waals surface area contributed by atoms with E-state index in [9.17, 15) is 9.59 Å². The number of anilines is 1. The van der Waals surface area contributed by atoms with Crippen LogP contribution in [-0.2, 0) is 20.8 Å². The van der Waals surface area contributed by atoms with Crippen LogP contribution in [0.4, 0.5) is 5.69 Å². The number of methoxy groups -OCH3 is 1. The van der Waals surface area contributed by atoms with Crippen molar-refractivity contribution in [2.45, 2.75) is 19.1 Å². The van der Waals surface area contributed by atoms with E-state index in [0.717, 1.165) is 13.1 Å². The van der Waals surface area contributed by atoms with Crippen molar-refractivity contribution >= 4 is 29.2 Å². The second-order valence-corrected chi connectivity index (χ2v) is 7.06. The number of carbonyl (C=O) groups is 2. The standard InChI is InChI=1S/C21H23ClN2O4/c1-27-21(26)16-7-8-18(22)19(11-16)23-20(25)12-17-14-24(9-10-28-17)13-15-5-3-2-4-6-15/h2-8,11,17H,9-10,12-14H2,1H3,(H,23,25). The number of halogens is 1. The van der Waals surface area contributed by atoms with Gasteiger partial charge in [-0.3, -0.25) is 9.69 Å². The molecule has 1 N–H and O–H groups in total. The minimum absolute atomic E-state index is 0.194. The van der Waals surface area contributed by atoms with Crippen molar-refractivity contribution in [1.82, 2.24) is 4.90 Å². The number of rotatable bonds is 6. The van der Waals surface area contributed by atoms with E-state index < -0.39 is 5.97 Å². The van der Waals surface area contributed by atoms with Crippen molar-refractivity contribution < 1.29 is 19.1 Å². The van der Waals surface area contributed by atoms with Crippen molar-refractivity contribution in [2.24, 2.45) is 0 Å². The summed E-state index contributed by atoms with van der Waals surface area (Å²) >= 11 is 6.14. The number of carbonyl (C=O) groups excluding carboxylic acids is 2. The highest BCUT2D eigenvalue weighted by atomic mass is 35.5. The van der Waals surface area contributed by atoms with Gasteiger partial charge >= 0.3 is 5.97 Å². The van der Waals surface area contributed by atoms with Crippen molar-refractivity contribution in [3.05, 3.63) is 64.7 Å². The van der Waals surface area contributed by atoms with E-state index in [2.05, 4.69) is 22.3 Å². The van der Waals surface area contributed by atoms with Crippen LogP contribution in [0.15, 0.2) is 48.5 Å². The van der Waals surface area contributed by atoms with E-state index in [1.165, 1.54) is 18.7 Å². The van der Waals surface area contributed by atoms with Crippen molar-refractivity contribution in [1.29, 1.82) is 0 Å². The Labute approximate surface area is 169 Å². The third-order valence-electron chi connectivity index (χ3n) is 4.55. The first-order valence-corrected chi connectivity index (χ1v) is 9.48. The number of ether oxygens (including phenoxy) is 2. The molecule has 1 atom stereocenters. The summed E-state index contributed by atoms with van der Waals surface area (Å²) in [5.74, 6) is -0.699. The fourth-order valence-electron chi connectivity index (χ4n) is 3.16. The lowest BCUT2D eigenvalue weighted by Gasteiger charge is -2.32. The highest BCUT2D eigenvalue weighted by Gasteiger charge is 2.23. The first-order valence-electron chi connectivity index (χ1n) is 9.10. The van der Waals surface area contributed by atoms with Crippen LogP contribution in [0, 0.1) is 0 Å². The highest BCUT2D eigenvalue weighted by molar-refractivity contribution is 6.33. The minimum Gasteiger partial charge on any atom is -0.465 e. The van der Waals surface area contributed by atoms with Crippen LogP contribution in [-0.4, -0.2) is 49.7 Å². The Balaban J connectivity index is 1.56. The average Bonchev–Trinajstić information content (AvgIpc) is 2.70. The van der Waals surface area contributed by atoms with Crippen LogP contribution >= 0.6 is 11.6 Å². The molecule has 1 aliphatic rings. The lowest BCUT2D eigenvalue weighted by molar-refractivity contribution is -0.121. The smallest absolute Gasteiger partial charge is 0.337 e. The predicted octanol–water partition coefficient (Wildman–Crippen LogP) is 3.36. The SMILES string of the molecule is COC(=O)c1ccc(Cl)c(NC(=O)CC2CN(Cc3ccccc3)CCO2)c1. The fourth-order valence-corrected chi connectivity index (χ4v) is 3.33. The van der Waals surface area contributed by atoms with Gasteiger partial charge in [0.05, 0.1) is 42.5 Å². The molecule has 0 spiro atoms. The van der Waals surface area contributed by atoms with Gasteiger partial charge in [0.15, 0.2) is 0 Å². The molecule has 1 heterocycles. The molecule has 0 radical (unpaired) electrons. The number of esters is 1. The van der Waals surface area contributed by atoms with Gasteiger partial charge in [0.25, 0.3) is 0 Å². The number of nitrogens with one attached hydrogen (secondary N) is 1. The molecule has 1 fully saturated rings. The predicted molar refractivity (Wildman–Crippen MR) is 107 cm³/mol. The van der Waals surface area contributed by atoms with Gasteiger partial charge in [-0.1, -0.05) is 41.9 Å². The topological polar surface area (TPSA) is 67.9 Å². The van der Waals surface area contributed by atoms with E-state index in [-0.39, 0.29) is 18.4 Å². The molecule has 2 aromatic carbocycles. The monoisotopic (exact) mass is 402 g/mol. The Kier molecular flexibility index (Phi) is 7.03. The molecule has 1 amide bonds. The molecule has 1 unspecified atom stereocenters. The maximum Gasteiger partial charge on any atom is 0.337 e. The van der Waals surface area contributed by atoms with Gasteiger partial charge in [0.2, 0.25) is 5.91 Å². The summed E-state index contributed by atoms with van der Waals surface area (Å²) in [4.78, 5) is 26.4. The van der Waals surface area contributed by atoms with Crippen molar-refractivity contribution in [3.63, 3.8) is 0 Å². The summed E-state index contributed by atoms with van der Waals surface area (Å²) in [5, 5.41) is 3.12. The number of hydrogen-bond donors (Lipinski definition) is 1. The van der Waals surface area contributed by atoms with E-state index in [0.29, 0.717) is 29.4 Å². The number of amides is 1. The number of nitrogens with zero attached hydrogens (tertiary/aromatic N) is 1. The lowest BCUT2D eigenvalue weighted by Crippen LogP contribution is -2.43. The quantitative estimate of drug-likeness (QED) is 0.750. The third-order valence-corrected chi connectivity index (χ3v) is 4.88.